The van der Waals surface area contributed by atoms with E-state index < -0.39 is 0 Å². The van der Waals surface area contributed by atoms with Crippen molar-refractivity contribution in [1.29, 1.82) is 0 Å². The van der Waals surface area contributed by atoms with Crippen molar-refractivity contribution in [3.8, 4) is 0 Å². The largest absolute Gasteiger partial charge is 0.444 e. The molecule has 0 radical (unpaired) electrons. The van der Waals surface area contributed by atoms with Crippen LogP contribution >= 0.6 is 23.2 Å². The third kappa shape index (κ3) is 4.24. The van der Waals surface area contributed by atoms with Crippen molar-refractivity contribution < 1.29 is 9.53 Å². The average molecular weight is 346 g/mol. The van der Waals surface area contributed by atoms with Crippen molar-refractivity contribution in [2.75, 3.05) is 13.1 Å². The maximum absolute atomic E-state index is 12.5. The van der Waals surface area contributed by atoms with Gasteiger partial charge in [0.1, 0.15) is 11.8 Å². The average Bonchev–Trinajstić information content (AvgIpc) is 2.92. The molecule has 0 N–H and O–H groups in total. The number of carbonyl (C=O) groups is 1. The smallest absolute Gasteiger partial charge is 0.425 e. The van der Waals surface area contributed by atoms with Crippen LogP contribution in [0.1, 0.15) is 39.2 Å². The number of amides is 1. The van der Waals surface area contributed by atoms with E-state index in [1.165, 1.54) is 0 Å². The van der Waals surface area contributed by atoms with E-state index in [1.54, 1.807) is 17.3 Å². The predicted molar refractivity (Wildman–Crippen MR) is 86.8 cm³/mol. The maximum Gasteiger partial charge on any atom is 0.425 e. The Hall–Kier alpha value is -1.04. The Balaban J connectivity index is 2.03. The van der Waals surface area contributed by atoms with Gasteiger partial charge >= 0.3 is 6.09 Å². The van der Waals surface area contributed by atoms with Crippen LogP contribution in [0.15, 0.2) is 12.3 Å². The standard InChI is InChI=1S/C15H21Cl2N3O2/c1-15(2,3)20(19-6-4-5-7-19)14(21)22-10-11-8-12(16)13(17)18-9-11/h8-9H,4-7,10H2,1-3H3. The second kappa shape index (κ2) is 7.02. The van der Waals surface area contributed by atoms with Gasteiger partial charge in [-0.15, -0.1) is 0 Å². The minimum Gasteiger partial charge on any atom is -0.444 e. The number of hydrogen-bond donors (Lipinski definition) is 0. The maximum atomic E-state index is 12.5. The van der Waals surface area contributed by atoms with Crippen molar-refractivity contribution in [3.63, 3.8) is 0 Å². The van der Waals surface area contributed by atoms with Gasteiger partial charge in [-0.3, -0.25) is 0 Å². The zero-order chi connectivity index (χ0) is 16.3. The summed E-state index contributed by atoms with van der Waals surface area (Å²) >= 11 is 11.7. The first-order chi connectivity index (χ1) is 10.3. The molecule has 5 nitrogen and oxygen atoms in total. The van der Waals surface area contributed by atoms with Gasteiger partial charge in [0.05, 0.1) is 10.6 Å². The topological polar surface area (TPSA) is 45.7 Å². The molecule has 1 amide bonds. The van der Waals surface area contributed by atoms with Crippen molar-refractivity contribution in [2.24, 2.45) is 0 Å². The van der Waals surface area contributed by atoms with Crippen LogP contribution in [-0.2, 0) is 11.3 Å². The Labute approximate surface area is 141 Å². The molecule has 7 heteroatoms. The van der Waals surface area contributed by atoms with E-state index in [0.717, 1.165) is 25.9 Å². The molecule has 1 aliphatic rings. The van der Waals surface area contributed by atoms with Gasteiger partial charge in [-0.05, 0) is 39.7 Å². The molecule has 1 aromatic heterocycles. The molecule has 1 saturated heterocycles. The summed E-state index contributed by atoms with van der Waals surface area (Å²) in [6.07, 6.45) is 3.38. The first-order valence-electron chi connectivity index (χ1n) is 7.31. The van der Waals surface area contributed by atoms with Gasteiger partial charge in [-0.2, -0.15) is 0 Å². The number of ether oxygens (including phenoxy) is 1. The van der Waals surface area contributed by atoms with Crippen LogP contribution in [0.4, 0.5) is 4.79 Å². The fourth-order valence-corrected chi connectivity index (χ4v) is 2.75. The van der Waals surface area contributed by atoms with E-state index in [2.05, 4.69) is 9.99 Å². The summed E-state index contributed by atoms with van der Waals surface area (Å²) in [4.78, 5) is 16.4. The van der Waals surface area contributed by atoms with Crippen LogP contribution in [0, 0.1) is 0 Å². The molecular weight excluding hydrogens is 325 g/mol. The minimum absolute atomic E-state index is 0.114. The Morgan fingerprint density at radius 1 is 1.36 bits per heavy atom. The number of aromatic nitrogens is 1. The molecule has 1 aromatic rings. The van der Waals surface area contributed by atoms with Gasteiger partial charge in [0.15, 0.2) is 0 Å². The number of hydrazine groups is 1. The molecule has 0 atom stereocenters. The fourth-order valence-electron chi connectivity index (χ4n) is 2.46. The van der Waals surface area contributed by atoms with Crippen molar-refractivity contribution in [2.45, 2.75) is 45.8 Å². The molecule has 22 heavy (non-hydrogen) atoms. The summed E-state index contributed by atoms with van der Waals surface area (Å²) in [5.41, 5.74) is 0.371. The molecule has 1 aliphatic heterocycles. The Morgan fingerprint density at radius 2 is 2.00 bits per heavy atom. The third-order valence-electron chi connectivity index (χ3n) is 3.39. The highest BCUT2D eigenvalue weighted by Gasteiger charge is 2.34. The Bertz CT molecular complexity index is 540. The lowest BCUT2D eigenvalue weighted by atomic mass is 10.1. The van der Waals surface area contributed by atoms with Gasteiger partial charge in [-0.25, -0.2) is 19.8 Å². The van der Waals surface area contributed by atoms with Crippen LogP contribution < -0.4 is 0 Å². The number of pyridine rings is 1. The second-order valence-corrected chi connectivity index (χ2v) is 7.08. The molecule has 0 spiro atoms. The summed E-state index contributed by atoms with van der Waals surface area (Å²) in [5.74, 6) is 0. The van der Waals surface area contributed by atoms with Crippen LogP contribution in [-0.4, -0.2) is 39.7 Å². The van der Waals surface area contributed by atoms with Gasteiger partial charge in [-0.1, -0.05) is 23.2 Å². The zero-order valence-electron chi connectivity index (χ0n) is 13.1. The van der Waals surface area contributed by atoms with Gasteiger partial charge in [0.25, 0.3) is 0 Å². The van der Waals surface area contributed by atoms with E-state index in [-0.39, 0.29) is 23.4 Å². The predicted octanol–water partition coefficient (Wildman–Crippen LogP) is 4.14. The fraction of sp³-hybridized carbons (Fsp3) is 0.600. The lowest BCUT2D eigenvalue weighted by Crippen LogP contribution is -2.55. The number of halogens is 2. The van der Waals surface area contributed by atoms with Crippen LogP contribution in [0.2, 0.25) is 10.2 Å². The summed E-state index contributed by atoms with van der Waals surface area (Å²) in [6, 6.07) is 1.65. The molecule has 1 fully saturated rings. The highest BCUT2D eigenvalue weighted by atomic mass is 35.5. The lowest BCUT2D eigenvalue weighted by molar-refractivity contribution is -0.0632. The molecular formula is C15H21Cl2N3O2. The summed E-state index contributed by atoms with van der Waals surface area (Å²) < 4.78 is 5.43. The molecule has 0 bridgehead atoms. The summed E-state index contributed by atoms with van der Waals surface area (Å²) in [6.45, 7) is 7.85. The number of hydrogen-bond acceptors (Lipinski definition) is 4. The normalized spacial score (nSPS) is 15.9. The van der Waals surface area contributed by atoms with E-state index in [0.29, 0.717) is 10.6 Å². The number of rotatable bonds is 3. The first-order valence-corrected chi connectivity index (χ1v) is 8.06. The number of nitrogens with zero attached hydrogens (tertiary/aromatic N) is 3. The highest BCUT2D eigenvalue weighted by Crippen LogP contribution is 2.23. The first kappa shape index (κ1) is 17.3. The van der Waals surface area contributed by atoms with Gasteiger partial charge in [0, 0.05) is 24.8 Å². The minimum atomic E-state index is -0.361. The molecule has 122 valence electrons. The molecule has 2 heterocycles. The molecule has 0 unspecified atom stereocenters. The Kier molecular flexibility index (Phi) is 5.53. The van der Waals surface area contributed by atoms with E-state index >= 15 is 0 Å². The monoisotopic (exact) mass is 345 g/mol. The SMILES string of the molecule is CC(C)(C)N(C(=O)OCc1cnc(Cl)c(Cl)c1)N1CCCC1. The van der Waals surface area contributed by atoms with Crippen molar-refractivity contribution in [1.82, 2.24) is 15.0 Å². The molecule has 0 saturated carbocycles. The van der Waals surface area contributed by atoms with Crippen LogP contribution in [0.5, 0.6) is 0 Å². The zero-order valence-corrected chi connectivity index (χ0v) is 14.6. The molecule has 0 aliphatic carbocycles. The second-order valence-electron chi connectivity index (χ2n) is 6.31. The molecule has 2 rings (SSSR count). The third-order valence-corrected chi connectivity index (χ3v) is 4.07. The highest BCUT2D eigenvalue weighted by molar-refractivity contribution is 6.41. The van der Waals surface area contributed by atoms with E-state index in [4.69, 9.17) is 27.9 Å². The van der Waals surface area contributed by atoms with E-state index in [1.807, 2.05) is 20.8 Å². The quantitative estimate of drug-likeness (QED) is 0.772. The summed E-state index contributed by atoms with van der Waals surface area (Å²) in [5, 5.41) is 4.34. The molecule has 0 aromatic carbocycles. The van der Waals surface area contributed by atoms with Gasteiger partial charge < -0.3 is 4.74 Å². The van der Waals surface area contributed by atoms with E-state index in [9.17, 15) is 4.79 Å². The van der Waals surface area contributed by atoms with Crippen LogP contribution in [0.3, 0.4) is 0 Å². The Morgan fingerprint density at radius 3 is 2.55 bits per heavy atom. The van der Waals surface area contributed by atoms with Crippen LogP contribution in [0.25, 0.3) is 0 Å². The van der Waals surface area contributed by atoms with Gasteiger partial charge in [0.2, 0.25) is 0 Å². The van der Waals surface area contributed by atoms with Crippen molar-refractivity contribution in [3.05, 3.63) is 28.0 Å². The number of carbonyl (C=O) groups excluding carboxylic acids is 1. The summed E-state index contributed by atoms with van der Waals surface area (Å²) in [7, 11) is 0. The lowest BCUT2D eigenvalue weighted by Gasteiger charge is -2.40. The van der Waals surface area contributed by atoms with Crippen molar-refractivity contribution >= 4 is 29.3 Å².